The van der Waals surface area contributed by atoms with Crippen LogP contribution < -0.4 is 0 Å². The molecular weight excluding hydrogens is 528 g/mol. The van der Waals surface area contributed by atoms with Crippen molar-refractivity contribution in [1.82, 2.24) is 0 Å². The molecule has 2 unspecified atom stereocenters. The van der Waals surface area contributed by atoms with Gasteiger partial charge in [0.25, 0.3) is 0 Å². The van der Waals surface area contributed by atoms with Gasteiger partial charge in [-0.25, -0.2) is 0 Å². The van der Waals surface area contributed by atoms with Crippen LogP contribution in [-0.2, 0) is 19.1 Å². The average molecular weight is 559 g/mol. The molecule has 0 heterocycles. The van der Waals surface area contributed by atoms with E-state index in [0.717, 1.165) is 22.3 Å². The Bertz CT molecular complexity index is 1450. The highest BCUT2D eigenvalue weighted by Gasteiger charge is 2.36. The number of esters is 2. The highest BCUT2D eigenvalue weighted by atomic mass is 16.5. The first-order valence-corrected chi connectivity index (χ1v) is 13.9. The molecule has 6 heteroatoms. The summed E-state index contributed by atoms with van der Waals surface area (Å²) < 4.78 is 10.7. The van der Waals surface area contributed by atoms with Crippen LogP contribution in [0, 0.1) is 11.8 Å². The molecule has 0 N–H and O–H groups in total. The van der Waals surface area contributed by atoms with E-state index >= 15 is 0 Å². The monoisotopic (exact) mass is 558 g/mol. The maximum absolute atomic E-state index is 12.9. The number of ketones is 2. The lowest BCUT2D eigenvalue weighted by molar-refractivity contribution is -0.159. The van der Waals surface area contributed by atoms with E-state index in [-0.39, 0.29) is 24.4 Å². The summed E-state index contributed by atoms with van der Waals surface area (Å²) in [5, 5.41) is 0. The molecule has 0 saturated carbocycles. The van der Waals surface area contributed by atoms with Crippen molar-refractivity contribution in [2.75, 3.05) is 13.2 Å². The minimum Gasteiger partial charge on any atom is -0.457 e. The minimum atomic E-state index is -0.795. The van der Waals surface area contributed by atoms with Crippen LogP contribution in [0.15, 0.2) is 121 Å². The number of carbonyl (C=O) groups excluding carboxylic acids is 4. The van der Waals surface area contributed by atoms with E-state index in [2.05, 4.69) is 0 Å². The molecule has 0 radical (unpaired) electrons. The highest BCUT2D eigenvalue weighted by molar-refractivity contribution is 5.99. The van der Waals surface area contributed by atoms with Crippen LogP contribution in [0.1, 0.15) is 33.6 Å². The summed E-state index contributed by atoms with van der Waals surface area (Å²) in [5.74, 6) is -3.54. The van der Waals surface area contributed by atoms with E-state index < -0.39 is 37.0 Å². The van der Waals surface area contributed by atoms with Gasteiger partial charge in [-0.1, -0.05) is 121 Å². The highest BCUT2D eigenvalue weighted by Crippen LogP contribution is 2.28. The summed E-state index contributed by atoms with van der Waals surface area (Å²) in [6, 6.07) is 33.8. The predicted molar refractivity (Wildman–Crippen MR) is 160 cm³/mol. The summed E-state index contributed by atoms with van der Waals surface area (Å²) in [6.45, 7) is -0.855. The summed E-state index contributed by atoms with van der Waals surface area (Å²) in [7, 11) is 0. The standard InChI is InChI=1S/C36H30O6/c37-33(29-19-15-27(16-20-29)25-9-3-1-4-10-25)23-41-35(39)31-13-7-8-14-32(31)36(40)42-24-34(38)30-21-17-28(18-22-30)26-11-5-2-6-12-26/h1-12,15-22,31-32H,13-14,23-24H2. The fraction of sp³-hybridized carbons (Fsp3) is 0.167. The van der Waals surface area contributed by atoms with Crippen LogP contribution >= 0.6 is 0 Å². The lowest BCUT2D eigenvalue weighted by atomic mass is 9.83. The molecule has 210 valence electrons. The first-order valence-electron chi connectivity index (χ1n) is 13.9. The molecular formula is C36H30O6. The van der Waals surface area contributed by atoms with Crippen LogP contribution in [0.4, 0.5) is 0 Å². The second-order valence-corrected chi connectivity index (χ2v) is 10.1. The zero-order valence-corrected chi connectivity index (χ0v) is 23.0. The zero-order chi connectivity index (χ0) is 29.3. The Kier molecular flexibility index (Phi) is 9.14. The van der Waals surface area contributed by atoms with Gasteiger partial charge in [0.15, 0.2) is 24.8 Å². The van der Waals surface area contributed by atoms with Crippen molar-refractivity contribution in [1.29, 1.82) is 0 Å². The molecule has 42 heavy (non-hydrogen) atoms. The van der Waals surface area contributed by atoms with Crippen LogP contribution in [-0.4, -0.2) is 36.7 Å². The number of Topliss-reactive ketones (excluding diaryl/α,β-unsaturated/α-hetero) is 2. The number of allylic oxidation sites excluding steroid dienone is 2. The molecule has 0 aromatic heterocycles. The maximum Gasteiger partial charge on any atom is 0.310 e. The quantitative estimate of drug-likeness (QED) is 0.122. The maximum atomic E-state index is 12.9. The van der Waals surface area contributed by atoms with E-state index in [1.807, 2.05) is 84.9 Å². The lowest BCUT2D eigenvalue weighted by Crippen LogP contribution is -2.35. The molecule has 0 fully saturated rings. The average Bonchev–Trinajstić information content (AvgIpc) is 3.06. The Morgan fingerprint density at radius 1 is 0.476 bits per heavy atom. The molecule has 0 spiro atoms. The number of benzene rings is 4. The summed E-state index contributed by atoms with van der Waals surface area (Å²) in [5.41, 5.74) is 4.88. The first kappa shape index (κ1) is 28.4. The van der Waals surface area contributed by atoms with Gasteiger partial charge in [0, 0.05) is 11.1 Å². The molecule has 0 aliphatic heterocycles. The molecule has 4 aromatic rings. The number of hydrogen-bond acceptors (Lipinski definition) is 6. The second-order valence-electron chi connectivity index (χ2n) is 10.1. The van der Waals surface area contributed by atoms with E-state index in [0.29, 0.717) is 11.1 Å². The van der Waals surface area contributed by atoms with Gasteiger partial charge in [0.05, 0.1) is 11.8 Å². The molecule has 2 atom stereocenters. The van der Waals surface area contributed by atoms with Gasteiger partial charge in [-0.15, -0.1) is 0 Å². The van der Waals surface area contributed by atoms with Gasteiger partial charge in [-0.3, -0.25) is 19.2 Å². The lowest BCUT2D eigenvalue weighted by Gasteiger charge is -2.25. The largest absolute Gasteiger partial charge is 0.457 e. The third kappa shape index (κ3) is 6.96. The van der Waals surface area contributed by atoms with Crippen LogP contribution in [0.2, 0.25) is 0 Å². The van der Waals surface area contributed by atoms with Crippen molar-refractivity contribution in [2.45, 2.75) is 12.8 Å². The van der Waals surface area contributed by atoms with Crippen molar-refractivity contribution < 1.29 is 28.7 Å². The Morgan fingerprint density at radius 3 is 1.17 bits per heavy atom. The molecule has 5 rings (SSSR count). The Labute approximate surface area is 244 Å². The van der Waals surface area contributed by atoms with Crippen molar-refractivity contribution in [3.8, 4) is 22.3 Å². The molecule has 0 bridgehead atoms. The number of hydrogen-bond donors (Lipinski definition) is 0. The SMILES string of the molecule is O=C(COC(=O)C1CC=CCC1C(=O)OCC(=O)c1ccc(-c2ccccc2)cc1)c1ccc(-c2ccccc2)cc1. The number of ether oxygens (including phenoxy) is 2. The van der Waals surface area contributed by atoms with Gasteiger partial charge >= 0.3 is 11.9 Å². The first-order chi connectivity index (χ1) is 20.5. The second kappa shape index (κ2) is 13.5. The fourth-order valence-electron chi connectivity index (χ4n) is 4.95. The summed E-state index contributed by atoms with van der Waals surface area (Å²) in [4.78, 5) is 51.2. The molecule has 0 saturated heterocycles. The minimum absolute atomic E-state index is 0.285. The van der Waals surface area contributed by atoms with Crippen molar-refractivity contribution in [2.24, 2.45) is 11.8 Å². The summed E-state index contributed by atoms with van der Waals surface area (Å²) in [6.07, 6.45) is 4.18. The van der Waals surface area contributed by atoms with Gasteiger partial charge in [0.2, 0.25) is 0 Å². The van der Waals surface area contributed by atoms with Crippen molar-refractivity contribution in [3.05, 3.63) is 132 Å². The van der Waals surface area contributed by atoms with Gasteiger partial charge in [0.1, 0.15) is 0 Å². The van der Waals surface area contributed by atoms with E-state index in [9.17, 15) is 19.2 Å². The third-order valence-corrected chi connectivity index (χ3v) is 7.36. The van der Waals surface area contributed by atoms with E-state index in [1.165, 1.54) is 0 Å². The van der Waals surface area contributed by atoms with Crippen LogP contribution in [0.3, 0.4) is 0 Å². The topological polar surface area (TPSA) is 86.7 Å². The van der Waals surface area contributed by atoms with Crippen molar-refractivity contribution >= 4 is 23.5 Å². The normalized spacial score (nSPS) is 15.9. The van der Waals surface area contributed by atoms with Gasteiger partial charge in [-0.05, 0) is 35.1 Å². The van der Waals surface area contributed by atoms with Crippen molar-refractivity contribution in [3.63, 3.8) is 0 Å². The van der Waals surface area contributed by atoms with Gasteiger partial charge < -0.3 is 9.47 Å². The predicted octanol–water partition coefficient (Wildman–Crippen LogP) is 6.76. The Morgan fingerprint density at radius 2 is 0.810 bits per heavy atom. The van der Waals surface area contributed by atoms with Gasteiger partial charge in [-0.2, -0.15) is 0 Å². The Balaban J connectivity index is 1.13. The summed E-state index contributed by atoms with van der Waals surface area (Å²) >= 11 is 0. The molecule has 0 amide bonds. The zero-order valence-electron chi connectivity index (χ0n) is 23.0. The van der Waals surface area contributed by atoms with E-state index in [1.54, 1.807) is 36.4 Å². The van der Waals surface area contributed by atoms with Crippen LogP contribution in [0.5, 0.6) is 0 Å². The van der Waals surface area contributed by atoms with E-state index in [4.69, 9.17) is 9.47 Å². The molecule has 1 aliphatic rings. The number of carbonyl (C=O) groups is 4. The Hall–Kier alpha value is -5.10. The molecule has 4 aromatic carbocycles. The number of rotatable bonds is 10. The smallest absolute Gasteiger partial charge is 0.310 e. The third-order valence-electron chi connectivity index (χ3n) is 7.36. The molecule has 6 nitrogen and oxygen atoms in total. The molecule has 1 aliphatic carbocycles. The fourth-order valence-corrected chi connectivity index (χ4v) is 4.95. The van der Waals surface area contributed by atoms with Crippen LogP contribution in [0.25, 0.3) is 22.3 Å².